The number of benzene rings is 1. The predicted molar refractivity (Wildman–Crippen MR) is 77.1 cm³/mol. The second kappa shape index (κ2) is 4.96. The van der Waals surface area contributed by atoms with Gasteiger partial charge in [-0.1, -0.05) is 17.7 Å². The summed E-state index contributed by atoms with van der Waals surface area (Å²) in [4.78, 5) is 8.51. The van der Waals surface area contributed by atoms with Gasteiger partial charge in [0.25, 0.3) is 0 Å². The van der Waals surface area contributed by atoms with Crippen molar-refractivity contribution >= 4 is 28.5 Å². The number of nitrogen functional groups attached to an aromatic ring is 1. The molecule has 0 aliphatic rings. The third kappa shape index (κ3) is 2.42. The van der Waals surface area contributed by atoms with Crippen molar-refractivity contribution < 1.29 is 8.78 Å². The Labute approximate surface area is 124 Å². The van der Waals surface area contributed by atoms with Gasteiger partial charge in [-0.2, -0.15) is 0 Å². The summed E-state index contributed by atoms with van der Waals surface area (Å²) >= 11 is 5.90. The van der Waals surface area contributed by atoms with Crippen molar-refractivity contribution in [2.24, 2.45) is 0 Å². The van der Waals surface area contributed by atoms with Crippen molar-refractivity contribution in [2.75, 3.05) is 5.73 Å². The molecule has 0 amide bonds. The number of hydrogen-bond donors (Lipinski definition) is 1. The van der Waals surface area contributed by atoms with Crippen LogP contribution >= 0.6 is 11.6 Å². The van der Waals surface area contributed by atoms with Crippen LogP contribution in [0, 0.1) is 18.6 Å². The van der Waals surface area contributed by atoms with Gasteiger partial charge in [0.2, 0.25) is 0 Å². The number of aromatic nitrogens is 3. The molecule has 108 valence electrons. The first-order chi connectivity index (χ1) is 9.95. The zero-order chi connectivity index (χ0) is 15.1. The van der Waals surface area contributed by atoms with Crippen molar-refractivity contribution in [1.82, 2.24) is 14.5 Å². The quantitative estimate of drug-likeness (QED) is 0.739. The molecule has 4 nitrogen and oxygen atoms in total. The number of halogens is 3. The molecule has 0 unspecified atom stereocenters. The molecule has 0 aliphatic heterocycles. The lowest BCUT2D eigenvalue weighted by atomic mass is 10.2. The SMILES string of the molecule is Cc1nc2c(N)cc(Cl)nc2n1Cc1ccc(F)cc1F. The Morgan fingerprint density at radius 1 is 1.24 bits per heavy atom. The molecule has 7 heteroatoms. The average Bonchev–Trinajstić information content (AvgIpc) is 2.70. The zero-order valence-corrected chi connectivity index (χ0v) is 11.8. The molecule has 3 aromatic rings. The lowest BCUT2D eigenvalue weighted by Gasteiger charge is -2.08. The van der Waals surface area contributed by atoms with E-state index in [4.69, 9.17) is 17.3 Å². The van der Waals surface area contributed by atoms with E-state index < -0.39 is 11.6 Å². The van der Waals surface area contributed by atoms with E-state index in [1.807, 2.05) is 0 Å². The Morgan fingerprint density at radius 3 is 2.71 bits per heavy atom. The predicted octanol–water partition coefficient (Wildman–Crippen LogP) is 3.30. The number of anilines is 1. The summed E-state index contributed by atoms with van der Waals surface area (Å²) < 4.78 is 28.4. The monoisotopic (exact) mass is 308 g/mol. The third-order valence-corrected chi connectivity index (χ3v) is 3.43. The van der Waals surface area contributed by atoms with Crippen molar-refractivity contribution in [3.8, 4) is 0 Å². The molecule has 0 saturated carbocycles. The minimum atomic E-state index is -0.619. The average molecular weight is 309 g/mol. The molecular formula is C14H11ClF2N4. The molecule has 1 aromatic carbocycles. The Balaban J connectivity index is 2.14. The minimum absolute atomic E-state index is 0.168. The first-order valence-corrected chi connectivity index (χ1v) is 6.56. The van der Waals surface area contributed by atoms with Crippen LogP contribution in [0.15, 0.2) is 24.3 Å². The third-order valence-electron chi connectivity index (χ3n) is 3.24. The van der Waals surface area contributed by atoms with E-state index in [2.05, 4.69) is 9.97 Å². The summed E-state index contributed by atoms with van der Waals surface area (Å²) in [5, 5.41) is 0.237. The van der Waals surface area contributed by atoms with Crippen LogP contribution in [0.1, 0.15) is 11.4 Å². The molecule has 21 heavy (non-hydrogen) atoms. The lowest BCUT2D eigenvalue weighted by Crippen LogP contribution is -2.05. The zero-order valence-electron chi connectivity index (χ0n) is 11.1. The van der Waals surface area contributed by atoms with Gasteiger partial charge in [-0.05, 0) is 13.0 Å². The second-order valence-electron chi connectivity index (χ2n) is 4.69. The van der Waals surface area contributed by atoms with E-state index in [1.165, 1.54) is 18.2 Å². The molecule has 0 bridgehead atoms. The van der Waals surface area contributed by atoms with Gasteiger partial charge in [-0.25, -0.2) is 18.7 Å². The van der Waals surface area contributed by atoms with Crippen molar-refractivity contribution in [3.63, 3.8) is 0 Å². The summed E-state index contributed by atoms with van der Waals surface area (Å²) in [6.45, 7) is 1.93. The maximum atomic E-state index is 13.8. The minimum Gasteiger partial charge on any atom is -0.397 e. The smallest absolute Gasteiger partial charge is 0.164 e. The Bertz CT molecular complexity index is 845. The standard InChI is InChI=1S/C14H11ClF2N4/c1-7-19-13-11(18)5-12(15)20-14(13)21(7)6-8-2-3-9(16)4-10(8)17/h2-5H,6H2,1H3,(H2,18,20). The highest BCUT2D eigenvalue weighted by Gasteiger charge is 2.14. The van der Waals surface area contributed by atoms with Crippen LogP contribution in [-0.2, 0) is 6.54 Å². The summed E-state index contributed by atoms with van der Waals surface area (Å²) in [5.41, 5.74) is 7.59. The number of nitrogens with two attached hydrogens (primary N) is 1. The molecule has 3 rings (SSSR count). The molecule has 0 radical (unpaired) electrons. The fourth-order valence-electron chi connectivity index (χ4n) is 2.20. The largest absolute Gasteiger partial charge is 0.397 e. The maximum Gasteiger partial charge on any atom is 0.164 e. The Morgan fingerprint density at radius 2 is 2.00 bits per heavy atom. The Hall–Kier alpha value is -2.21. The molecule has 0 fully saturated rings. The van der Waals surface area contributed by atoms with Crippen LogP contribution < -0.4 is 5.73 Å². The topological polar surface area (TPSA) is 56.7 Å². The van der Waals surface area contributed by atoms with Crippen LogP contribution in [0.4, 0.5) is 14.5 Å². The number of fused-ring (bicyclic) bond motifs is 1. The highest BCUT2D eigenvalue weighted by Crippen LogP contribution is 2.24. The van der Waals surface area contributed by atoms with E-state index >= 15 is 0 Å². The molecule has 0 spiro atoms. The van der Waals surface area contributed by atoms with Crippen LogP contribution in [0.2, 0.25) is 5.15 Å². The molecule has 0 saturated heterocycles. The fourth-order valence-corrected chi connectivity index (χ4v) is 2.40. The summed E-state index contributed by atoms with van der Waals surface area (Å²) in [6, 6.07) is 4.96. The van der Waals surface area contributed by atoms with Gasteiger partial charge in [0.15, 0.2) is 5.65 Å². The van der Waals surface area contributed by atoms with Gasteiger partial charge in [0.05, 0.1) is 12.2 Å². The van der Waals surface area contributed by atoms with Gasteiger partial charge in [-0.3, -0.25) is 0 Å². The van der Waals surface area contributed by atoms with Gasteiger partial charge in [0.1, 0.15) is 28.1 Å². The van der Waals surface area contributed by atoms with Crippen molar-refractivity contribution in [2.45, 2.75) is 13.5 Å². The Kier molecular flexibility index (Phi) is 3.25. The van der Waals surface area contributed by atoms with Gasteiger partial charge >= 0.3 is 0 Å². The lowest BCUT2D eigenvalue weighted by molar-refractivity contribution is 0.566. The van der Waals surface area contributed by atoms with E-state index in [-0.39, 0.29) is 11.7 Å². The molecule has 0 atom stereocenters. The van der Waals surface area contributed by atoms with E-state index in [0.29, 0.717) is 28.2 Å². The summed E-state index contributed by atoms with van der Waals surface area (Å²) in [5.74, 6) is -0.615. The van der Waals surface area contributed by atoms with Crippen LogP contribution in [0.25, 0.3) is 11.2 Å². The molecule has 0 aliphatic carbocycles. The van der Waals surface area contributed by atoms with Crippen LogP contribution in [0.5, 0.6) is 0 Å². The van der Waals surface area contributed by atoms with E-state index in [1.54, 1.807) is 11.5 Å². The van der Waals surface area contributed by atoms with Gasteiger partial charge < -0.3 is 10.3 Å². The van der Waals surface area contributed by atoms with Gasteiger partial charge in [0, 0.05) is 17.7 Å². The van der Waals surface area contributed by atoms with Crippen LogP contribution in [0.3, 0.4) is 0 Å². The van der Waals surface area contributed by atoms with E-state index in [9.17, 15) is 8.78 Å². The van der Waals surface area contributed by atoms with Crippen LogP contribution in [-0.4, -0.2) is 14.5 Å². The van der Waals surface area contributed by atoms with Gasteiger partial charge in [-0.15, -0.1) is 0 Å². The summed E-state index contributed by atoms with van der Waals surface area (Å²) in [6.07, 6.45) is 0. The number of imidazole rings is 1. The molecule has 2 N–H and O–H groups in total. The number of nitrogens with zero attached hydrogens (tertiary/aromatic N) is 3. The molecule has 2 heterocycles. The number of hydrogen-bond acceptors (Lipinski definition) is 3. The first kappa shape index (κ1) is 13.8. The maximum absolute atomic E-state index is 13.8. The normalized spacial score (nSPS) is 11.2. The second-order valence-corrected chi connectivity index (χ2v) is 5.07. The number of rotatable bonds is 2. The first-order valence-electron chi connectivity index (χ1n) is 6.18. The van der Waals surface area contributed by atoms with E-state index in [0.717, 1.165) is 6.07 Å². The number of pyridine rings is 1. The fraction of sp³-hybridized carbons (Fsp3) is 0.143. The van der Waals surface area contributed by atoms with Crippen molar-refractivity contribution in [1.29, 1.82) is 0 Å². The number of aryl methyl sites for hydroxylation is 1. The summed E-state index contributed by atoms with van der Waals surface area (Å²) in [7, 11) is 0. The highest BCUT2D eigenvalue weighted by atomic mass is 35.5. The molecular weight excluding hydrogens is 298 g/mol. The van der Waals surface area contributed by atoms with Crippen molar-refractivity contribution in [3.05, 3.63) is 52.4 Å². The molecule has 2 aromatic heterocycles. The highest BCUT2D eigenvalue weighted by molar-refractivity contribution is 6.30.